The lowest BCUT2D eigenvalue weighted by molar-refractivity contribution is 0.256. The summed E-state index contributed by atoms with van der Waals surface area (Å²) in [6, 6.07) is 21.1. The van der Waals surface area contributed by atoms with Gasteiger partial charge in [0, 0.05) is 60.8 Å². The Morgan fingerprint density at radius 3 is 2.68 bits per heavy atom. The minimum atomic E-state index is 0.0576. The molecule has 0 spiro atoms. The molecule has 6 rings (SSSR count). The molecule has 186 valence electrons. The van der Waals surface area contributed by atoms with Crippen LogP contribution in [-0.2, 0) is 19.4 Å². The molecule has 0 N–H and O–H groups in total. The number of benzene rings is 2. The molecule has 0 bridgehead atoms. The molecule has 5 aromatic rings. The molecule has 1 aliphatic heterocycles. The van der Waals surface area contributed by atoms with Gasteiger partial charge in [-0.3, -0.25) is 14.1 Å². The number of aromatic nitrogens is 3. The van der Waals surface area contributed by atoms with Crippen LogP contribution < -0.4 is 5.56 Å². The van der Waals surface area contributed by atoms with E-state index >= 15 is 0 Å². The lowest BCUT2D eigenvalue weighted by Gasteiger charge is -2.28. The first-order valence-corrected chi connectivity index (χ1v) is 13.0. The van der Waals surface area contributed by atoms with Crippen LogP contribution in [0.4, 0.5) is 0 Å². The van der Waals surface area contributed by atoms with Gasteiger partial charge in [-0.1, -0.05) is 48.0 Å². The highest BCUT2D eigenvalue weighted by Gasteiger charge is 2.24. The lowest BCUT2D eigenvalue weighted by atomic mass is 10.0. The summed E-state index contributed by atoms with van der Waals surface area (Å²) in [4.78, 5) is 20.5. The molecule has 0 radical (unpaired) electrons. The van der Waals surface area contributed by atoms with Gasteiger partial charge in [-0.15, -0.1) is 0 Å². The van der Waals surface area contributed by atoms with Gasteiger partial charge in [0.1, 0.15) is 5.65 Å². The Morgan fingerprint density at radius 2 is 1.84 bits per heavy atom. The molecule has 0 aliphatic carbocycles. The van der Waals surface area contributed by atoms with Crippen molar-refractivity contribution in [2.45, 2.75) is 40.2 Å². The summed E-state index contributed by atoms with van der Waals surface area (Å²) in [7, 11) is 0. The van der Waals surface area contributed by atoms with Crippen LogP contribution in [0.25, 0.3) is 28.8 Å². The van der Waals surface area contributed by atoms with E-state index in [0.717, 1.165) is 48.5 Å². The van der Waals surface area contributed by atoms with Crippen molar-refractivity contribution >= 4 is 28.8 Å². The summed E-state index contributed by atoms with van der Waals surface area (Å²) in [6.07, 6.45) is 7.92. The van der Waals surface area contributed by atoms with E-state index in [2.05, 4.69) is 71.1 Å². The van der Waals surface area contributed by atoms with Crippen LogP contribution in [0.15, 0.2) is 71.7 Å². The second-order valence-corrected chi connectivity index (χ2v) is 10.2. The first-order chi connectivity index (χ1) is 18.0. The molecule has 37 heavy (non-hydrogen) atoms. The van der Waals surface area contributed by atoms with E-state index in [9.17, 15) is 4.79 Å². The number of pyridine rings is 1. The third-order valence-electron chi connectivity index (χ3n) is 7.67. The predicted octanol–water partition coefficient (Wildman–Crippen LogP) is 5.80. The predicted molar refractivity (Wildman–Crippen MR) is 152 cm³/mol. The van der Waals surface area contributed by atoms with Crippen LogP contribution >= 0.6 is 0 Å². The van der Waals surface area contributed by atoms with Gasteiger partial charge in [0.05, 0.1) is 5.52 Å². The van der Waals surface area contributed by atoms with Gasteiger partial charge in [0.15, 0.2) is 0 Å². The van der Waals surface area contributed by atoms with E-state index in [0.29, 0.717) is 6.42 Å². The molecule has 0 fully saturated rings. The lowest BCUT2D eigenvalue weighted by Crippen LogP contribution is -2.34. The average molecular weight is 489 g/mol. The Morgan fingerprint density at radius 1 is 1.00 bits per heavy atom. The fraction of sp³-hybridized carbons (Fsp3) is 0.250. The molecule has 0 saturated carbocycles. The van der Waals surface area contributed by atoms with Gasteiger partial charge < -0.3 is 4.57 Å². The number of hydrogen-bond acceptors (Lipinski definition) is 3. The molecule has 5 nitrogen and oxygen atoms in total. The maximum Gasteiger partial charge on any atom is 0.261 e. The third-order valence-corrected chi connectivity index (χ3v) is 7.67. The van der Waals surface area contributed by atoms with Crippen molar-refractivity contribution in [2.75, 3.05) is 13.1 Å². The Labute approximate surface area is 217 Å². The van der Waals surface area contributed by atoms with Crippen LogP contribution in [-0.4, -0.2) is 31.9 Å². The molecule has 4 heterocycles. The number of aryl methyl sites for hydroxylation is 3. The Balaban J connectivity index is 1.30. The molecule has 5 heteroatoms. The maximum atomic E-state index is 13.3. The van der Waals surface area contributed by atoms with Crippen LogP contribution in [0.1, 0.15) is 39.2 Å². The summed E-state index contributed by atoms with van der Waals surface area (Å²) in [5, 5.41) is 1.33. The average Bonchev–Trinajstić information content (AvgIpc) is 3.20. The highest BCUT2D eigenvalue weighted by Crippen LogP contribution is 2.32. The SMILES string of the molecule is Cc1ccc2c(c1)c1c(n2C=Cc2ccccc2)CCN(CCc2c(C)nc3c(C)cccn3c2=O)C1. The van der Waals surface area contributed by atoms with Gasteiger partial charge in [-0.25, -0.2) is 4.98 Å². The quantitative estimate of drug-likeness (QED) is 0.314. The summed E-state index contributed by atoms with van der Waals surface area (Å²) in [6.45, 7) is 8.83. The zero-order chi connectivity index (χ0) is 25.5. The second kappa shape index (κ2) is 9.49. The second-order valence-electron chi connectivity index (χ2n) is 10.2. The van der Waals surface area contributed by atoms with E-state index in [-0.39, 0.29) is 5.56 Å². The summed E-state index contributed by atoms with van der Waals surface area (Å²) in [5.41, 5.74) is 10.0. The number of nitrogens with zero attached hydrogens (tertiary/aromatic N) is 4. The van der Waals surface area contributed by atoms with Crippen molar-refractivity contribution in [3.8, 4) is 0 Å². The molecular formula is C32H32N4O. The van der Waals surface area contributed by atoms with Crippen LogP contribution in [0, 0.1) is 20.8 Å². The van der Waals surface area contributed by atoms with Crippen LogP contribution in [0.5, 0.6) is 0 Å². The van der Waals surface area contributed by atoms with Gasteiger partial charge in [0.25, 0.3) is 5.56 Å². The number of hydrogen-bond donors (Lipinski definition) is 0. The molecule has 3 aromatic heterocycles. The van der Waals surface area contributed by atoms with Gasteiger partial charge in [-0.2, -0.15) is 0 Å². The topological polar surface area (TPSA) is 42.5 Å². The Hall–Kier alpha value is -3.96. The first-order valence-electron chi connectivity index (χ1n) is 13.0. The van der Waals surface area contributed by atoms with Crippen molar-refractivity contribution in [3.63, 3.8) is 0 Å². The zero-order valence-corrected chi connectivity index (χ0v) is 21.7. The molecule has 0 unspecified atom stereocenters. The molecule has 0 amide bonds. The molecule has 0 saturated heterocycles. The van der Waals surface area contributed by atoms with E-state index in [4.69, 9.17) is 4.98 Å². The van der Waals surface area contributed by atoms with Crippen molar-refractivity contribution in [3.05, 3.63) is 116 Å². The monoisotopic (exact) mass is 488 g/mol. The molecule has 1 aliphatic rings. The molecule has 2 aromatic carbocycles. The van der Waals surface area contributed by atoms with Gasteiger partial charge in [-0.05, 0) is 68.2 Å². The van der Waals surface area contributed by atoms with Crippen molar-refractivity contribution in [2.24, 2.45) is 0 Å². The van der Waals surface area contributed by atoms with E-state index in [1.807, 2.05) is 38.2 Å². The van der Waals surface area contributed by atoms with Gasteiger partial charge in [0.2, 0.25) is 0 Å². The highest BCUT2D eigenvalue weighted by molar-refractivity contribution is 5.89. The Kier molecular flexibility index (Phi) is 6.01. The number of rotatable bonds is 5. The standard InChI is InChI=1S/C32H32N4O/c1-22-11-12-29-27(20-22)28-21-34(18-15-30(28)35(29)19-13-25-9-5-4-6-10-25)17-14-26-24(3)33-31-23(2)8-7-16-36(31)32(26)37/h4-13,16,19-20H,14-15,17-18,21H2,1-3H3. The van der Waals surface area contributed by atoms with Crippen LogP contribution in [0.2, 0.25) is 0 Å². The first kappa shape index (κ1) is 23.4. The van der Waals surface area contributed by atoms with E-state index in [1.165, 1.54) is 33.3 Å². The highest BCUT2D eigenvalue weighted by atomic mass is 16.1. The Bertz CT molecular complexity index is 1710. The molecule has 0 atom stereocenters. The minimum Gasteiger partial charge on any atom is -0.320 e. The number of fused-ring (bicyclic) bond motifs is 4. The van der Waals surface area contributed by atoms with E-state index < -0.39 is 0 Å². The summed E-state index contributed by atoms with van der Waals surface area (Å²) in [5.74, 6) is 0. The zero-order valence-electron chi connectivity index (χ0n) is 21.7. The fourth-order valence-corrected chi connectivity index (χ4v) is 5.65. The smallest absolute Gasteiger partial charge is 0.261 e. The summed E-state index contributed by atoms with van der Waals surface area (Å²) >= 11 is 0. The largest absolute Gasteiger partial charge is 0.320 e. The van der Waals surface area contributed by atoms with Crippen molar-refractivity contribution < 1.29 is 0 Å². The summed E-state index contributed by atoms with van der Waals surface area (Å²) < 4.78 is 4.07. The van der Waals surface area contributed by atoms with Crippen molar-refractivity contribution in [1.29, 1.82) is 0 Å². The van der Waals surface area contributed by atoms with Crippen LogP contribution in [0.3, 0.4) is 0 Å². The van der Waals surface area contributed by atoms with Gasteiger partial charge >= 0.3 is 0 Å². The third kappa shape index (κ3) is 4.30. The fourth-order valence-electron chi connectivity index (χ4n) is 5.65. The minimum absolute atomic E-state index is 0.0576. The van der Waals surface area contributed by atoms with Crippen molar-refractivity contribution in [1.82, 2.24) is 18.9 Å². The maximum absolute atomic E-state index is 13.3. The molecular weight excluding hydrogens is 456 g/mol. The van der Waals surface area contributed by atoms with E-state index in [1.54, 1.807) is 4.40 Å². The normalized spacial score (nSPS) is 14.1.